The van der Waals surface area contributed by atoms with Crippen LogP contribution in [0.25, 0.3) is 6.08 Å². The van der Waals surface area contributed by atoms with Gasteiger partial charge in [-0.3, -0.25) is 9.69 Å². The van der Waals surface area contributed by atoms with E-state index in [0.29, 0.717) is 27.6 Å². The topological polar surface area (TPSA) is 35.9 Å². The predicted octanol–water partition coefficient (Wildman–Crippen LogP) is 9.08. The zero-order chi connectivity index (χ0) is 28.3. The Kier molecular flexibility index (Phi) is 8.72. The van der Waals surface area contributed by atoms with Gasteiger partial charge >= 0.3 is 0 Å². The molecule has 0 spiro atoms. The highest BCUT2D eigenvalue weighted by atomic mass is 35.5. The van der Waals surface area contributed by atoms with E-state index >= 15 is 0 Å². The zero-order valence-electron chi connectivity index (χ0n) is 23.9. The van der Waals surface area contributed by atoms with Crippen molar-refractivity contribution in [3.05, 3.63) is 99.4 Å². The quantitative estimate of drug-likeness (QED) is 0.253. The van der Waals surface area contributed by atoms with Crippen LogP contribution >= 0.6 is 23.4 Å². The molecule has 2 aliphatic heterocycles. The number of hydrogen-bond donors (Lipinski definition) is 0. The number of hydrogen-bond acceptors (Lipinski definition) is 4. The lowest BCUT2D eigenvalue weighted by Gasteiger charge is -2.47. The van der Waals surface area contributed by atoms with Gasteiger partial charge in [-0.05, 0) is 104 Å². The number of fused-ring (bicyclic) bond motifs is 1. The Balaban J connectivity index is 1.45. The lowest BCUT2D eigenvalue weighted by Crippen LogP contribution is -2.48. The zero-order valence-corrected chi connectivity index (χ0v) is 25.4. The summed E-state index contributed by atoms with van der Waals surface area (Å²) in [7, 11) is 0. The normalized spacial score (nSPS) is 20.4. The average Bonchev–Trinajstić information content (AvgIpc) is 3.21. The lowest BCUT2D eigenvalue weighted by molar-refractivity contribution is -0.122. The van der Waals surface area contributed by atoms with E-state index in [0.717, 1.165) is 43.5 Å². The molecule has 0 aliphatic carbocycles. The molecule has 0 radical (unpaired) electrons. The molecule has 1 fully saturated rings. The molecule has 1 amide bonds. The van der Waals surface area contributed by atoms with Gasteiger partial charge in [0.15, 0.2) is 5.17 Å². The molecule has 0 aromatic heterocycles. The molecule has 0 bridgehead atoms. The molecule has 1 unspecified atom stereocenters. The summed E-state index contributed by atoms with van der Waals surface area (Å²) in [5.41, 5.74) is 5.60. The summed E-state index contributed by atoms with van der Waals surface area (Å²) in [6.07, 6.45) is 5.89. The monoisotopic (exact) mass is 571 g/mol. The largest absolute Gasteiger partial charge is 0.366 e. The van der Waals surface area contributed by atoms with Crippen LogP contribution in [-0.4, -0.2) is 34.6 Å². The van der Waals surface area contributed by atoms with Crippen LogP contribution in [0.5, 0.6) is 0 Å². The van der Waals surface area contributed by atoms with Gasteiger partial charge in [0.2, 0.25) is 0 Å². The van der Waals surface area contributed by atoms with Gasteiger partial charge in [-0.1, -0.05) is 74.0 Å². The maximum atomic E-state index is 13.7. The molecule has 1 saturated heterocycles. The van der Waals surface area contributed by atoms with Crippen molar-refractivity contribution in [3.8, 4) is 0 Å². The molecule has 1 atom stereocenters. The van der Waals surface area contributed by atoms with E-state index in [1.165, 1.54) is 28.6 Å². The standard InChI is InChI=1S/C34H38ClN3OS/c1-5-18-38-30-22-29(35)26(20-28(30)24(2)23-34(38,3)4)21-31-32(39)37(19-12-15-25-13-8-6-9-14-25)33(40-31)36-27-16-10-7-11-17-27/h6-11,13-14,16-17,20-22,24H,5,12,15,18-19,23H2,1-4H3/b31-21+,36-33?. The maximum Gasteiger partial charge on any atom is 0.266 e. The highest BCUT2D eigenvalue weighted by molar-refractivity contribution is 8.18. The third-order valence-electron chi connectivity index (χ3n) is 7.80. The number of para-hydroxylation sites is 1. The van der Waals surface area contributed by atoms with E-state index in [2.05, 4.69) is 69.0 Å². The summed E-state index contributed by atoms with van der Waals surface area (Å²) in [6.45, 7) is 10.8. The smallest absolute Gasteiger partial charge is 0.266 e. The van der Waals surface area contributed by atoms with Crippen molar-refractivity contribution in [2.75, 3.05) is 18.0 Å². The predicted molar refractivity (Wildman–Crippen MR) is 172 cm³/mol. The minimum absolute atomic E-state index is 0.0108. The molecule has 6 heteroatoms. The second-order valence-corrected chi connectivity index (χ2v) is 12.8. The number of aliphatic imine (C=N–C) groups is 1. The molecule has 2 heterocycles. The first kappa shape index (κ1) is 28.5. The highest BCUT2D eigenvalue weighted by Crippen LogP contribution is 2.46. The first-order valence-corrected chi connectivity index (χ1v) is 15.5. The minimum Gasteiger partial charge on any atom is -0.366 e. The molecule has 0 N–H and O–H groups in total. The molecule has 208 valence electrons. The Bertz CT molecular complexity index is 1420. The minimum atomic E-state index is -0.0108. The average molecular weight is 572 g/mol. The summed E-state index contributed by atoms with van der Waals surface area (Å²) >= 11 is 8.35. The summed E-state index contributed by atoms with van der Waals surface area (Å²) in [5, 5.41) is 1.39. The van der Waals surface area contributed by atoms with Crippen molar-refractivity contribution in [3.63, 3.8) is 0 Å². The fourth-order valence-corrected chi connectivity index (χ4v) is 7.14. The third-order valence-corrected chi connectivity index (χ3v) is 9.13. The Hall–Kier alpha value is -3.02. The molecular weight excluding hydrogens is 534 g/mol. The molecule has 5 rings (SSSR count). The number of anilines is 1. The number of thioether (sulfide) groups is 1. The van der Waals surface area contributed by atoms with Gasteiger partial charge < -0.3 is 4.90 Å². The van der Waals surface area contributed by atoms with Gasteiger partial charge in [0.1, 0.15) is 0 Å². The third kappa shape index (κ3) is 6.16. The van der Waals surface area contributed by atoms with Crippen LogP contribution in [0.3, 0.4) is 0 Å². The molecule has 3 aromatic rings. The highest BCUT2D eigenvalue weighted by Gasteiger charge is 2.37. The second kappa shape index (κ2) is 12.2. The second-order valence-electron chi connectivity index (χ2n) is 11.4. The van der Waals surface area contributed by atoms with Gasteiger partial charge in [-0.2, -0.15) is 0 Å². The van der Waals surface area contributed by atoms with Gasteiger partial charge in [0.25, 0.3) is 5.91 Å². The number of carbonyl (C=O) groups excluding carboxylic acids is 1. The number of benzene rings is 3. The maximum absolute atomic E-state index is 13.7. The molecule has 2 aliphatic rings. The first-order chi connectivity index (χ1) is 19.3. The van der Waals surface area contributed by atoms with E-state index < -0.39 is 0 Å². The van der Waals surface area contributed by atoms with Crippen molar-refractivity contribution in [1.82, 2.24) is 4.90 Å². The first-order valence-electron chi connectivity index (χ1n) is 14.3. The van der Waals surface area contributed by atoms with Gasteiger partial charge in [-0.25, -0.2) is 4.99 Å². The van der Waals surface area contributed by atoms with Gasteiger partial charge in [0.05, 0.1) is 10.6 Å². The van der Waals surface area contributed by atoms with E-state index in [1.807, 2.05) is 47.4 Å². The Morgan fingerprint density at radius 1 is 1.05 bits per heavy atom. The van der Waals surface area contributed by atoms with Crippen LogP contribution in [0.2, 0.25) is 5.02 Å². The molecule has 3 aromatic carbocycles. The van der Waals surface area contributed by atoms with Gasteiger partial charge in [0, 0.05) is 29.3 Å². The number of carbonyl (C=O) groups is 1. The summed E-state index contributed by atoms with van der Waals surface area (Å²) in [6, 6.07) is 24.6. The number of amides is 1. The molecular formula is C34H38ClN3OS. The number of nitrogens with zero attached hydrogens (tertiary/aromatic N) is 3. The van der Waals surface area contributed by atoms with Crippen molar-refractivity contribution >= 4 is 51.9 Å². The van der Waals surface area contributed by atoms with Crippen LogP contribution in [-0.2, 0) is 11.2 Å². The van der Waals surface area contributed by atoms with E-state index in [9.17, 15) is 4.79 Å². The summed E-state index contributed by atoms with van der Waals surface area (Å²) in [4.78, 5) is 23.6. The van der Waals surface area contributed by atoms with Gasteiger partial charge in [-0.15, -0.1) is 0 Å². The van der Waals surface area contributed by atoms with Crippen LogP contribution in [0.1, 0.15) is 69.6 Å². The van der Waals surface area contributed by atoms with E-state index in [-0.39, 0.29) is 11.4 Å². The summed E-state index contributed by atoms with van der Waals surface area (Å²) < 4.78 is 0. The van der Waals surface area contributed by atoms with E-state index in [4.69, 9.17) is 16.6 Å². The lowest BCUT2D eigenvalue weighted by atomic mass is 9.79. The molecule has 0 saturated carbocycles. The number of aryl methyl sites for hydroxylation is 1. The van der Waals surface area contributed by atoms with Crippen LogP contribution in [0.4, 0.5) is 11.4 Å². The fraction of sp³-hybridized carbons (Fsp3) is 0.353. The number of amidine groups is 1. The van der Waals surface area contributed by atoms with Crippen LogP contribution in [0.15, 0.2) is 82.7 Å². The Morgan fingerprint density at radius 3 is 2.45 bits per heavy atom. The van der Waals surface area contributed by atoms with Crippen molar-refractivity contribution in [2.45, 2.75) is 64.8 Å². The summed E-state index contributed by atoms with van der Waals surface area (Å²) in [5.74, 6) is 0.396. The van der Waals surface area contributed by atoms with Crippen molar-refractivity contribution < 1.29 is 4.79 Å². The molecule has 40 heavy (non-hydrogen) atoms. The van der Waals surface area contributed by atoms with Crippen molar-refractivity contribution in [1.29, 1.82) is 0 Å². The van der Waals surface area contributed by atoms with E-state index in [1.54, 1.807) is 0 Å². The van der Waals surface area contributed by atoms with Crippen LogP contribution in [0, 0.1) is 0 Å². The Morgan fingerprint density at radius 2 is 1.75 bits per heavy atom. The van der Waals surface area contributed by atoms with Crippen molar-refractivity contribution in [2.24, 2.45) is 4.99 Å². The SMILES string of the molecule is CCCN1c2cc(Cl)c(/C=C3/SC(=Nc4ccccc4)N(CCCc4ccccc4)C3=O)cc2C(C)CC1(C)C. The Labute approximate surface area is 248 Å². The number of halogens is 1. The van der Waals surface area contributed by atoms with Crippen LogP contribution < -0.4 is 4.90 Å². The number of rotatable bonds is 8. The molecule has 4 nitrogen and oxygen atoms in total. The fourth-order valence-electron chi connectivity index (χ4n) is 5.91.